The predicted octanol–water partition coefficient (Wildman–Crippen LogP) is -0.0116. The first-order valence-corrected chi connectivity index (χ1v) is 10.6. The van der Waals surface area contributed by atoms with Gasteiger partial charge in [-0.3, -0.25) is 14.5 Å². The molecule has 0 bridgehead atoms. The van der Waals surface area contributed by atoms with Crippen molar-refractivity contribution in [1.29, 1.82) is 0 Å². The zero-order chi connectivity index (χ0) is 17.3. The lowest BCUT2D eigenvalue weighted by Gasteiger charge is -2.28. The number of nitrogens with one attached hydrogen (secondary N) is 1. The van der Waals surface area contributed by atoms with Crippen LogP contribution in [0.15, 0.2) is 27.6 Å². The van der Waals surface area contributed by atoms with E-state index in [9.17, 15) is 18.0 Å². The average Bonchev–Trinajstić information content (AvgIpc) is 3.10. The number of carbonyl (C=O) groups excluding carboxylic acids is 1. The first-order valence-electron chi connectivity index (χ1n) is 7.94. The molecule has 1 aromatic heterocycles. The van der Waals surface area contributed by atoms with Crippen molar-refractivity contribution in [1.82, 2.24) is 14.8 Å². The Hall–Kier alpha value is -1.19. The summed E-state index contributed by atoms with van der Waals surface area (Å²) in [5, 5.41) is 2.82. The molecule has 2 aliphatic rings. The smallest absolute Gasteiger partial charge is 0.251 e. The topological polar surface area (TPSA) is 88.5 Å². The number of aromatic nitrogens is 1. The Balaban J connectivity index is 1.70. The Morgan fingerprint density at radius 1 is 1.25 bits per heavy atom. The van der Waals surface area contributed by atoms with Gasteiger partial charge in [0.15, 0.2) is 9.84 Å². The summed E-state index contributed by atoms with van der Waals surface area (Å²) in [6, 6.07) is 2.41. The minimum absolute atomic E-state index is 0.0344. The fourth-order valence-corrected chi connectivity index (χ4v) is 5.76. The van der Waals surface area contributed by atoms with E-state index in [0.29, 0.717) is 4.47 Å². The normalized spacial score (nSPS) is 26.5. The second-order valence-corrected chi connectivity index (χ2v) is 9.44. The van der Waals surface area contributed by atoms with E-state index in [-0.39, 0.29) is 35.6 Å². The molecule has 2 saturated heterocycles. The molecule has 3 rings (SSSR count). The molecular weight excluding hydrogens is 398 g/mol. The van der Waals surface area contributed by atoms with E-state index in [1.54, 1.807) is 12.3 Å². The standard InChI is InChI=1S/C15H20BrN3O4S/c16-11-3-4-15(21)19(7-11)8-14(20)17-12-9-24(22,23)10-13(12)18-5-1-2-6-18/h3-4,7,12-13H,1-2,5-6,8-10H2,(H,17,20). The first kappa shape index (κ1) is 17.6. The van der Waals surface area contributed by atoms with Crippen LogP contribution in [0.3, 0.4) is 0 Å². The van der Waals surface area contributed by atoms with Crippen LogP contribution in [0.4, 0.5) is 0 Å². The summed E-state index contributed by atoms with van der Waals surface area (Å²) >= 11 is 3.27. The molecule has 1 N–H and O–H groups in total. The summed E-state index contributed by atoms with van der Waals surface area (Å²) in [5.74, 6) is -0.288. The van der Waals surface area contributed by atoms with Gasteiger partial charge in [0, 0.05) is 22.8 Å². The number of halogens is 1. The molecule has 1 amide bonds. The van der Waals surface area contributed by atoms with Gasteiger partial charge in [-0.05, 0) is 47.9 Å². The number of rotatable bonds is 4. The molecule has 1 aromatic rings. The van der Waals surface area contributed by atoms with Crippen LogP contribution in [-0.2, 0) is 21.2 Å². The largest absolute Gasteiger partial charge is 0.349 e. The molecule has 2 aliphatic heterocycles. The maximum atomic E-state index is 12.3. The molecule has 3 heterocycles. The minimum Gasteiger partial charge on any atom is -0.349 e. The molecule has 0 radical (unpaired) electrons. The van der Waals surface area contributed by atoms with Gasteiger partial charge in [0.25, 0.3) is 5.56 Å². The van der Waals surface area contributed by atoms with E-state index in [1.807, 2.05) is 0 Å². The van der Waals surface area contributed by atoms with E-state index >= 15 is 0 Å². The van der Waals surface area contributed by atoms with Gasteiger partial charge in [-0.2, -0.15) is 0 Å². The highest BCUT2D eigenvalue weighted by atomic mass is 79.9. The van der Waals surface area contributed by atoms with Gasteiger partial charge in [0.2, 0.25) is 5.91 Å². The second-order valence-electron chi connectivity index (χ2n) is 6.37. The van der Waals surface area contributed by atoms with Gasteiger partial charge in [-0.25, -0.2) is 8.42 Å². The average molecular weight is 418 g/mol. The van der Waals surface area contributed by atoms with Crippen LogP contribution in [0.25, 0.3) is 0 Å². The molecule has 2 unspecified atom stereocenters. The number of likely N-dealkylation sites (tertiary alicyclic amines) is 1. The summed E-state index contributed by atoms with van der Waals surface area (Å²) in [4.78, 5) is 26.2. The quantitative estimate of drug-likeness (QED) is 0.743. The lowest BCUT2D eigenvalue weighted by atomic mass is 10.1. The summed E-state index contributed by atoms with van der Waals surface area (Å²) in [7, 11) is -3.15. The van der Waals surface area contributed by atoms with E-state index in [4.69, 9.17) is 0 Å². The third-order valence-electron chi connectivity index (χ3n) is 4.54. The summed E-state index contributed by atoms with van der Waals surface area (Å²) < 4.78 is 26.0. The molecule has 132 valence electrons. The van der Waals surface area contributed by atoms with Crippen LogP contribution >= 0.6 is 15.9 Å². The van der Waals surface area contributed by atoms with Crippen LogP contribution < -0.4 is 10.9 Å². The van der Waals surface area contributed by atoms with Crippen LogP contribution in [0.5, 0.6) is 0 Å². The van der Waals surface area contributed by atoms with Crippen LogP contribution in [0, 0.1) is 0 Å². The highest BCUT2D eigenvalue weighted by molar-refractivity contribution is 9.10. The van der Waals surface area contributed by atoms with Crippen molar-refractivity contribution < 1.29 is 13.2 Å². The zero-order valence-corrected chi connectivity index (χ0v) is 15.6. The monoisotopic (exact) mass is 417 g/mol. The van der Waals surface area contributed by atoms with Crippen molar-refractivity contribution in [2.75, 3.05) is 24.6 Å². The molecule has 0 saturated carbocycles. The SMILES string of the molecule is O=C(Cn1cc(Br)ccc1=O)NC1CS(=O)(=O)CC1N1CCCC1. The van der Waals surface area contributed by atoms with Gasteiger partial charge in [-0.15, -0.1) is 0 Å². The van der Waals surface area contributed by atoms with Crippen molar-refractivity contribution in [3.63, 3.8) is 0 Å². The lowest BCUT2D eigenvalue weighted by molar-refractivity contribution is -0.122. The Labute approximate surface area is 149 Å². The highest BCUT2D eigenvalue weighted by Gasteiger charge is 2.42. The van der Waals surface area contributed by atoms with Crippen molar-refractivity contribution >= 4 is 31.7 Å². The summed E-state index contributed by atoms with van der Waals surface area (Å²) in [5.41, 5.74) is -0.275. The Bertz CT molecular complexity index is 786. The Morgan fingerprint density at radius 2 is 1.96 bits per heavy atom. The maximum Gasteiger partial charge on any atom is 0.251 e. The van der Waals surface area contributed by atoms with Gasteiger partial charge in [0.05, 0.1) is 17.5 Å². The lowest BCUT2D eigenvalue weighted by Crippen LogP contribution is -2.51. The number of carbonyl (C=O) groups is 1. The van der Waals surface area contributed by atoms with Crippen LogP contribution in [0.2, 0.25) is 0 Å². The fraction of sp³-hybridized carbons (Fsp3) is 0.600. The van der Waals surface area contributed by atoms with Crippen LogP contribution in [-0.4, -0.2) is 60.5 Å². The van der Waals surface area contributed by atoms with E-state index in [1.165, 1.54) is 10.6 Å². The molecule has 2 fully saturated rings. The van der Waals surface area contributed by atoms with E-state index in [0.717, 1.165) is 25.9 Å². The summed E-state index contributed by atoms with van der Waals surface area (Å²) in [6.07, 6.45) is 3.67. The number of amides is 1. The third-order valence-corrected chi connectivity index (χ3v) is 6.73. The van der Waals surface area contributed by atoms with Gasteiger partial charge in [0.1, 0.15) is 6.54 Å². The van der Waals surface area contributed by atoms with E-state index in [2.05, 4.69) is 26.1 Å². The molecule has 24 heavy (non-hydrogen) atoms. The first-order chi connectivity index (χ1) is 11.3. The molecule has 0 aromatic carbocycles. The fourth-order valence-electron chi connectivity index (χ4n) is 3.43. The van der Waals surface area contributed by atoms with Gasteiger partial charge in [-0.1, -0.05) is 0 Å². The summed E-state index contributed by atoms with van der Waals surface area (Å²) in [6.45, 7) is 1.62. The number of pyridine rings is 1. The minimum atomic E-state index is -3.15. The Kier molecular flexibility index (Phi) is 5.12. The highest BCUT2D eigenvalue weighted by Crippen LogP contribution is 2.22. The zero-order valence-electron chi connectivity index (χ0n) is 13.2. The van der Waals surface area contributed by atoms with Crippen molar-refractivity contribution in [3.05, 3.63) is 33.2 Å². The number of hydrogen-bond donors (Lipinski definition) is 1. The molecule has 7 nitrogen and oxygen atoms in total. The molecular formula is C15H20BrN3O4S. The van der Waals surface area contributed by atoms with Crippen LogP contribution in [0.1, 0.15) is 12.8 Å². The second kappa shape index (κ2) is 6.97. The number of sulfone groups is 1. The third kappa shape index (κ3) is 4.07. The van der Waals surface area contributed by atoms with Gasteiger partial charge < -0.3 is 9.88 Å². The molecule has 0 spiro atoms. The molecule has 2 atom stereocenters. The number of nitrogens with zero attached hydrogens (tertiary/aromatic N) is 2. The molecule has 0 aliphatic carbocycles. The number of hydrogen-bond acceptors (Lipinski definition) is 5. The Morgan fingerprint density at radius 3 is 2.67 bits per heavy atom. The molecule has 9 heteroatoms. The van der Waals surface area contributed by atoms with Crippen molar-refractivity contribution in [3.8, 4) is 0 Å². The van der Waals surface area contributed by atoms with Gasteiger partial charge >= 0.3 is 0 Å². The van der Waals surface area contributed by atoms with Crippen molar-refractivity contribution in [2.24, 2.45) is 0 Å². The van der Waals surface area contributed by atoms with E-state index < -0.39 is 15.9 Å². The maximum absolute atomic E-state index is 12.3. The predicted molar refractivity (Wildman–Crippen MR) is 93.6 cm³/mol. The van der Waals surface area contributed by atoms with Crippen molar-refractivity contribution in [2.45, 2.75) is 31.5 Å².